The van der Waals surface area contributed by atoms with Crippen molar-refractivity contribution in [3.05, 3.63) is 72.8 Å². The summed E-state index contributed by atoms with van der Waals surface area (Å²) in [5.41, 5.74) is 0.480. The lowest BCUT2D eigenvalue weighted by Crippen LogP contribution is -2.28. The lowest BCUT2D eigenvalue weighted by molar-refractivity contribution is 0.250. The molecule has 2 heterocycles. The molecule has 3 rings (SSSR count). The number of nitrogens with zero attached hydrogens (tertiary/aromatic N) is 1. The molecule has 0 aliphatic carbocycles. The number of carbonyl (C=O) groups excluding carboxylic acids is 1. The van der Waals surface area contributed by atoms with Gasteiger partial charge in [-0.25, -0.2) is 9.78 Å². The van der Waals surface area contributed by atoms with Crippen molar-refractivity contribution in [2.24, 2.45) is 0 Å². The van der Waals surface area contributed by atoms with Crippen molar-refractivity contribution in [2.75, 3.05) is 5.32 Å². The smallest absolute Gasteiger partial charge is 0.319 e. The van der Waals surface area contributed by atoms with Crippen molar-refractivity contribution in [2.45, 2.75) is 6.54 Å². The minimum absolute atomic E-state index is 0.300. The lowest BCUT2D eigenvalue weighted by Gasteiger charge is -2.11. The molecule has 2 aromatic heterocycles. The van der Waals surface area contributed by atoms with Gasteiger partial charge in [0.2, 0.25) is 5.88 Å². The number of benzene rings is 1. The average Bonchev–Trinajstić information content (AvgIpc) is 3.09. The first-order chi connectivity index (χ1) is 11.3. The summed E-state index contributed by atoms with van der Waals surface area (Å²) < 4.78 is 10.8. The maximum Gasteiger partial charge on any atom is 0.319 e. The summed E-state index contributed by atoms with van der Waals surface area (Å²) in [7, 11) is 0. The SMILES string of the molecule is O=C(NCc1ccco1)Nc1cccnc1Oc1ccccc1. The number of rotatable bonds is 5. The second kappa shape index (κ2) is 7.13. The van der Waals surface area contributed by atoms with Crippen molar-refractivity contribution >= 4 is 11.7 Å². The quantitative estimate of drug-likeness (QED) is 0.752. The molecule has 0 saturated carbocycles. The fourth-order valence-corrected chi connectivity index (χ4v) is 1.91. The second-order valence-electron chi connectivity index (χ2n) is 4.66. The van der Waals surface area contributed by atoms with Gasteiger partial charge >= 0.3 is 6.03 Å². The van der Waals surface area contributed by atoms with Gasteiger partial charge in [-0.15, -0.1) is 0 Å². The molecule has 1 aromatic carbocycles. The third-order valence-electron chi connectivity index (χ3n) is 2.98. The molecule has 6 nitrogen and oxygen atoms in total. The van der Waals surface area contributed by atoms with Crippen LogP contribution >= 0.6 is 0 Å². The highest BCUT2D eigenvalue weighted by Gasteiger charge is 2.09. The van der Waals surface area contributed by atoms with E-state index in [9.17, 15) is 4.79 Å². The molecule has 0 saturated heterocycles. The minimum Gasteiger partial charge on any atom is -0.467 e. The topological polar surface area (TPSA) is 76.4 Å². The van der Waals surface area contributed by atoms with Gasteiger partial charge in [-0.3, -0.25) is 0 Å². The van der Waals surface area contributed by atoms with Gasteiger partial charge in [-0.2, -0.15) is 0 Å². The molecule has 23 heavy (non-hydrogen) atoms. The monoisotopic (exact) mass is 309 g/mol. The Morgan fingerprint density at radius 1 is 1.09 bits per heavy atom. The molecular formula is C17H15N3O3. The van der Waals surface area contributed by atoms with E-state index in [1.807, 2.05) is 30.3 Å². The third kappa shape index (κ3) is 4.10. The molecule has 0 bridgehead atoms. The molecule has 6 heteroatoms. The maximum absolute atomic E-state index is 12.0. The number of anilines is 1. The van der Waals surface area contributed by atoms with Crippen LogP contribution in [0.3, 0.4) is 0 Å². The Balaban J connectivity index is 1.64. The summed E-state index contributed by atoms with van der Waals surface area (Å²) in [5, 5.41) is 5.41. The predicted molar refractivity (Wildman–Crippen MR) is 85.3 cm³/mol. The normalized spacial score (nSPS) is 10.1. The Morgan fingerprint density at radius 2 is 1.96 bits per heavy atom. The van der Waals surface area contributed by atoms with E-state index in [1.165, 1.54) is 0 Å². The van der Waals surface area contributed by atoms with Crippen LogP contribution in [0.15, 0.2) is 71.5 Å². The first-order valence-corrected chi connectivity index (χ1v) is 7.06. The predicted octanol–water partition coefficient (Wildman–Crippen LogP) is 3.79. The van der Waals surface area contributed by atoms with Crippen molar-refractivity contribution in [1.82, 2.24) is 10.3 Å². The van der Waals surface area contributed by atoms with Crippen LogP contribution in [-0.4, -0.2) is 11.0 Å². The Morgan fingerprint density at radius 3 is 2.74 bits per heavy atom. The first kappa shape index (κ1) is 14.6. The van der Waals surface area contributed by atoms with Crippen molar-refractivity contribution in [1.29, 1.82) is 0 Å². The summed E-state index contributed by atoms with van der Waals surface area (Å²) in [6, 6.07) is 15.9. The number of nitrogens with one attached hydrogen (secondary N) is 2. The van der Waals surface area contributed by atoms with Gasteiger partial charge < -0.3 is 19.8 Å². The van der Waals surface area contributed by atoms with E-state index in [0.29, 0.717) is 29.6 Å². The Labute approximate surface area is 133 Å². The second-order valence-corrected chi connectivity index (χ2v) is 4.66. The summed E-state index contributed by atoms with van der Waals surface area (Å²) in [4.78, 5) is 16.1. The fraction of sp³-hybridized carbons (Fsp3) is 0.0588. The third-order valence-corrected chi connectivity index (χ3v) is 2.98. The van der Waals surface area contributed by atoms with Crippen LogP contribution in [0.2, 0.25) is 0 Å². The van der Waals surface area contributed by atoms with Crippen molar-refractivity contribution in [3.8, 4) is 11.6 Å². The summed E-state index contributed by atoms with van der Waals surface area (Å²) in [6.45, 7) is 0.300. The van der Waals surface area contributed by atoms with Gasteiger partial charge in [0, 0.05) is 6.20 Å². The molecule has 2 amide bonds. The number of ether oxygens (including phenoxy) is 1. The van der Waals surface area contributed by atoms with Crippen LogP contribution < -0.4 is 15.4 Å². The van der Waals surface area contributed by atoms with Crippen LogP contribution in [-0.2, 0) is 6.54 Å². The highest BCUT2D eigenvalue weighted by molar-refractivity contribution is 5.90. The molecule has 0 spiro atoms. The molecule has 0 aliphatic heterocycles. The Bertz CT molecular complexity index is 758. The molecule has 0 radical (unpaired) electrons. The zero-order chi connectivity index (χ0) is 15.9. The average molecular weight is 309 g/mol. The molecule has 0 aliphatic rings. The zero-order valence-corrected chi connectivity index (χ0v) is 12.2. The Hall–Kier alpha value is -3.28. The lowest BCUT2D eigenvalue weighted by atomic mass is 10.3. The van der Waals surface area contributed by atoms with Gasteiger partial charge in [0.15, 0.2) is 0 Å². The van der Waals surface area contributed by atoms with E-state index >= 15 is 0 Å². The fourth-order valence-electron chi connectivity index (χ4n) is 1.91. The van der Waals surface area contributed by atoms with Crippen molar-refractivity contribution < 1.29 is 13.9 Å². The van der Waals surface area contributed by atoms with Crippen LogP contribution in [0.5, 0.6) is 11.6 Å². The number of hydrogen-bond donors (Lipinski definition) is 2. The molecule has 0 unspecified atom stereocenters. The van der Waals surface area contributed by atoms with Crippen LogP contribution in [0, 0.1) is 0 Å². The van der Waals surface area contributed by atoms with E-state index < -0.39 is 0 Å². The minimum atomic E-state index is -0.368. The first-order valence-electron chi connectivity index (χ1n) is 7.06. The van der Waals surface area contributed by atoms with Crippen molar-refractivity contribution in [3.63, 3.8) is 0 Å². The largest absolute Gasteiger partial charge is 0.467 e. The number of amides is 2. The maximum atomic E-state index is 12.0. The number of aromatic nitrogens is 1. The molecule has 0 fully saturated rings. The summed E-state index contributed by atoms with van der Waals surface area (Å²) >= 11 is 0. The van der Waals surface area contributed by atoms with E-state index in [-0.39, 0.29) is 6.03 Å². The molecule has 0 atom stereocenters. The van der Waals surface area contributed by atoms with E-state index in [1.54, 1.807) is 36.7 Å². The number of furan rings is 1. The number of hydrogen-bond acceptors (Lipinski definition) is 4. The van der Waals surface area contributed by atoms with Gasteiger partial charge in [-0.1, -0.05) is 18.2 Å². The van der Waals surface area contributed by atoms with Gasteiger partial charge in [0.05, 0.1) is 12.8 Å². The zero-order valence-electron chi connectivity index (χ0n) is 12.2. The highest BCUT2D eigenvalue weighted by Crippen LogP contribution is 2.26. The Kier molecular flexibility index (Phi) is 4.54. The summed E-state index contributed by atoms with van der Waals surface area (Å²) in [6.07, 6.45) is 3.16. The number of carbonyl (C=O) groups is 1. The number of pyridine rings is 1. The molecule has 3 aromatic rings. The van der Waals surface area contributed by atoms with Crippen LogP contribution in [0.25, 0.3) is 0 Å². The number of urea groups is 1. The van der Waals surface area contributed by atoms with Gasteiger partial charge in [-0.05, 0) is 36.4 Å². The molecular weight excluding hydrogens is 294 g/mol. The summed E-state index contributed by atoms with van der Waals surface area (Å²) in [5.74, 6) is 1.64. The van der Waals surface area contributed by atoms with Gasteiger partial charge in [0.25, 0.3) is 0 Å². The molecule has 2 N–H and O–H groups in total. The number of para-hydroxylation sites is 1. The van der Waals surface area contributed by atoms with Gasteiger partial charge in [0.1, 0.15) is 17.2 Å². The van der Waals surface area contributed by atoms with E-state index in [4.69, 9.17) is 9.15 Å². The van der Waals surface area contributed by atoms with E-state index in [0.717, 1.165) is 0 Å². The van der Waals surface area contributed by atoms with Crippen LogP contribution in [0.4, 0.5) is 10.5 Å². The van der Waals surface area contributed by atoms with E-state index in [2.05, 4.69) is 15.6 Å². The highest BCUT2D eigenvalue weighted by atomic mass is 16.5. The van der Waals surface area contributed by atoms with Crippen LogP contribution in [0.1, 0.15) is 5.76 Å². The molecule has 116 valence electrons. The standard InChI is InChI=1S/C17H15N3O3/c21-17(19-12-14-8-5-11-22-14)20-15-9-4-10-18-16(15)23-13-6-2-1-3-7-13/h1-11H,12H2,(H2,19,20,21).